The minimum Gasteiger partial charge on any atom is -0.443 e. The molecule has 0 aliphatic carbocycles. The highest BCUT2D eigenvalue weighted by atomic mass is 16.7. The second kappa shape index (κ2) is 8.58. The second-order valence-corrected chi connectivity index (χ2v) is 11.6. The monoisotopic (exact) mass is 469 g/mol. The average molecular weight is 469 g/mol. The zero-order valence-electron chi connectivity index (χ0n) is 21.9. The molecule has 1 aliphatic rings. The van der Waals surface area contributed by atoms with E-state index < -0.39 is 41.7 Å². The summed E-state index contributed by atoms with van der Waals surface area (Å²) in [6.45, 7) is 18.5. The fraction of sp³-hybridized carbons (Fsp3) is 0.538. The van der Waals surface area contributed by atoms with Crippen LogP contribution in [0.3, 0.4) is 0 Å². The fourth-order valence-electron chi connectivity index (χ4n) is 3.48. The first kappa shape index (κ1) is 26.0. The van der Waals surface area contributed by atoms with E-state index in [4.69, 9.17) is 18.8 Å². The van der Waals surface area contributed by atoms with Gasteiger partial charge in [-0.25, -0.2) is 9.59 Å². The van der Waals surface area contributed by atoms with Crippen molar-refractivity contribution in [3.05, 3.63) is 36.4 Å². The van der Waals surface area contributed by atoms with Gasteiger partial charge in [-0.2, -0.15) is 4.90 Å². The van der Waals surface area contributed by atoms with Crippen LogP contribution in [0.1, 0.15) is 69.2 Å². The number of anilines is 1. The molecule has 1 fully saturated rings. The van der Waals surface area contributed by atoms with Gasteiger partial charge < -0.3 is 18.8 Å². The van der Waals surface area contributed by atoms with Crippen LogP contribution in [0.4, 0.5) is 15.3 Å². The Balaban J connectivity index is 2.11. The largest absolute Gasteiger partial charge is 0.494 e. The molecule has 0 atom stereocenters. The number of hydrogen-bond acceptors (Lipinski definition) is 6. The third kappa shape index (κ3) is 5.55. The minimum atomic E-state index is -0.810. The predicted octanol–water partition coefficient (Wildman–Crippen LogP) is 5.82. The maximum atomic E-state index is 13.2. The van der Waals surface area contributed by atoms with Crippen LogP contribution >= 0.6 is 0 Å². The summed E-state index contributed by atoms with van der Waals surface area (Å²) < 4.78 is 23.5. The minimum absolute atomic E-state index is 0.361. The number of amides is 2. The van der Waals surface area contributed by atoms with Crippen LogP contribution in [-0.4, -0.2) is 41.7 Å². The molecule has 2 aromatic carbocycles. The topological polar surface area (TPSA) is 74.3 Å². The van der Waals surface area contributed by atoms with Gasteiger partial charge in [-0.3, -0.25) is 0 Å². The molecule has 8 heteroatoms. The Bertz CT molecular complexity index is 1050. The number of carbonyl (C=O) groups excluding carboxylic acids is 2. The Kier molecular flexibility index (Phi) is 6.57. The quantitative estimate of drug-likeness (QED) is 0.517. The molecule has 1 heterocycles. The van der Waals surface area contributed by atoms with Crippen LogP contribution in [0.2, 0.25) is 0 Å². The molecule has 2 aromatic rings. The highest BCUT2D eigenvalue weighted by Crippen LogP contribution is 2.37. The number of ether oxygens (including phenoxy) is 2. The van der Waals surface area contributed by atoms with Gasteiger partial charge in [-0.1, -0.05) is 30.3 Å². The third-order valence-corrected chi connectivity index (χ3v) is 5.80. The first-order valence-electron chi connectivity index (χ1n) is 11.5. The van der Waals surface area contributed by atoms with Crippen LogP contribution < -0.4 is 10.4 Å². The molecular formula is C26H36BNO6. The molecule has 0 radical (unpaired) electrons. The molecule has 0 unspecified atom stereocenters. The van der Waals surface area contributed by atoms with Gasteiger partial charge in [0.25, 0.3) is 0 Å². The molecule has 0 saturated carbocycles. The van der Waals surface area contributed by atoms with E-state index in [0.717, 1.165) is 15.7 Å². The van der Waals surface area contributed by atoms with E-state index in [-0.39, 0.29) is 0 Å². The molecule has 1 saturated heterocycles. The van der Waals surface area contributed by atoms with Crippen molar-refractivity contribution in [1.29, 1.82) is 0 Å². The van der Waals surface area contributed by atoms with Gasteiger partial charge in [-0.05, 0) is 86.2 Å². The van der Waals surface area contributed by atoms with Gasteiger partial charge in [-0.15, -0.1) is 0 Å². The second-order valence-electron chi connectivity index (χ2n) is 11.6. The van der Waals surface area contributed by atoms with Crippen LogP contribution in [0, 0.1) is 0 Å². The van der Waals surface area contributed by atoms with Gasteiger partial charge in [0.2, 0.25) is 0 Å². The summed E-state index contributed by atoms with van der Waals surface area (Å²) in [4.78, 5) is 27.3. The number of rotatable bonds is 2. The van der Waals surface area contributed by atoms with Gasteiger partial charge in [0.1, 0.15) is 11.2 Å². The number of nitrogens with zero attached hydrogens (tertiary/aromatic N) is 1. The molecule has 2 amide bonds. The van der Waals surface area contributed by atoms with Gasteiger partial charge in [0.05, 0.1) is 16.9 Å². The zero-order valence-corrected chi connectivity index (χ0v) is 21.9. The summed E-state index contributed by atoms with van der Waals surface area (Å²) in [5, 5.41) is 1.52. The lowest BCUT2D eigenvalue weighted by Crippen LogP contribution is -2.44. The van der Waals surface area contributed by atoms with E-state index in [1.165, 1.54) is 0 Å². The van der Waals surface area contributed by atoms with Gasteiger partial charge >= 0.3 is 19.3 Å². The van der Waals surface area contributed by atoms with Gasteiger partial charge in [0.15, 0.2) is 0 Å². The number of fused-ring (bicyclic) bond motifs is 1. The fourth-order valence-corrected chi connectivity index (χ4v) is 3.48. The predicted molar refractivity (Wildman–Crippen MR) is 135 cm³/mol. The summed E-state index contributed by atoms with van der Waals surface area (Å²) in [6, 6.07) is 11.1. The molecule has 0 N–H and O–H groups in total. The average Bonchev–Trinajstić information content (AvgIpc) is 2.86. The smallest absolute Gasteiger partial charge is 0.443 e. The molecule has 3 rings (SSSR count). The van der Waals surface area contributed by atoms with Crippen molar-refractivity contribution in [2.45, 2.75) is 91.6 Å². The summed E-state index contributed by atoms with van der Waals surface area (Å²) in [5.74, 6) is 0. The Hall–Kier alpha value is -2.58. The molecule has 1 aliphatic heterocycles. The van der Waals surface area contributed by atoms with Crippen molar-refractivity contribution in [3.8, 4) is 0 Å². The van der Waals surface area contributed by atoms with Crippen molar-refractivity contribution < 1.29 is 28.4 Å². The number of benzene rings is 2. The van der Waals surface area contributed by atoms with Crippen molar-refractivity contribution in [3.63, 3.8) is 0 Å². The maximum absolute atomic E-state index is 13.2. The molecular weight excluding hydrogens is 433 g/mol. The molecule has 7 nitrogen and oxygen atoms in total. The summed E-state index contributed by atoms with van der Waals surface area (Å²) in [6.07, 6.45) is -1.62. The number of imide groups is 1. The lowest BCUT2D eigenvalue weighted by molar-refractivity contribution is 0.00578. The van der Waals surface area contributed by atoms with Crippen LogP contribution in [-0.2, 0) is 18.8 Å². The molecule has 0 bridgehead atoms. The molecule has 0 aromatic heterocycles. The molecule has 184 valence electrons. The standard InChI is InChI=1S/C26H36BNO6/c1-23(2,3)31-21(29)28(22(30)32-24(4,5)6)20-13-11-12-17-14-15-18(16-19(17)20)27-33-25(7,8)26(9,10)34-27/h11-16H,1-10H3. The van der Waals surface area contributed by atoms with E-state index in [9.17, 15) is 9.59 Å². The Morgan fingerprint density at radius 2 is 1.32 bits per heavy atom. The van der Waals surface area contributed by atoms with Crippen LogP contribution in [0.5, 0.6) is 0 Å². The lowest BCUT2D eigenvalue weighted by atomic mass is 9.78. The van der Waals surface area contributed by atoms with E-state index in [0.29, 0.717) is 11.1 Å². The SMILES string of the molecule is CC(C)(C)OC(=O)N(C(=O)OC(C)(C)C)c1cccc2ccc(B3OC(C)(C)C(C)(C)O3)cc12. The summed E-state index contributed by atoms with van der Waals surface area (Å²) in [5.41, 5.74) is -1.44. The molecule has 0 spiro atoms. The zero-order chi connectivity index (χ0) is 25.7. The summed E-state index contributed by atoms with van der Waals surface area (Å²) in [7, 11) is -0.584. The third-order valence-electron chi connectivity index (χ3n) is 5.80. The van der Waals surface area contributed by atoms with Crippen molar-refractivity contribution in [1.82, 2.24) is 0 Å². The van der Waals surface area contributed by atoms with Crippen molar-refractivity contribution in [2.24, 2.45) is 0 Å². The Morgan fingerprint density at radius 3 is 1.79 bits per heavy atom. The number of hydrogen-bond donors (Lipinski definition) is 0. The first-order valence-corrected chi connectivity index (χ1v) is 11.5. The van der Waals surface area contributed by atoms with E-state index in [1.54, 1.807) is 53.7 Å². The lowest BCUT2D eigenvalue weighted by Gasteiger charge is -2.32. The highest BCUT2D eigenvalue weighted by molar-refractivity contribution is 6.62. The van der Waals surface area contributed by atoms with E-state index in [2.05, 4.69) is 0 Å². The Labute approximate surface area is 202 Å². The van der Waals surface area contributed by atoms with Crippen LogP contribution in [0.25, 0.3) is 10.8 Å². The van der Waals surface area contributed by atoms with Crippen molar-refractivity contribution >= 4 is 41.2 Å². The first-order chi connectivity index (χ1) is 15.4. The summed E-state index contributed by atoms with van der Waals surface area (Å²) >= 11 is 0. The Morgan fingerprint density at radius 1 is 0.824 bits per heavy atom. The van der Waals surface area contributed by atoms with Crippen molar-refractivity contribution in [2.75, 3.05) is 4.90 Å². The van der Waals surface area contributed by atoms with E-state index in [1.807, 2.05) is 52.0 Å². The number of carbonyl (C=O) groups is 2. The van der Waals surface area contributed by atoms with E-state index >= 15 is 0 Å². The van der Waals surface area contributed by atoms with Gasteiger partial charge in [0, 0.05) is 5.39 Å². The van der Waals surface area contributed by atoms with Crippen LogP contribution in [0.15, 0.2) is 36.4 Å². The normalized spacial score (nSPS) is 17.5. The maximum Gasteiger partial charge on any atom is 0.494 e. The molecule has 34 heavy (non-hydrogen) atoms. The highest BCUT2D eigenvalue weighted by Gasteiger charge is 2.51.